The molecule has 0 aliphatic carbocycles. The summed E-state index contributed by atoms with van der Waals surface area (Å²) in [5, 5.41) is 4.80. The summed E-state index contributed by atoms with van der Waals surface area (Å²) in [6.45, 7) is 0.739. The van der Waals surface area contributed by atoms with E-state index >= 15 is 0 Å². The Morgan fingerprint density at radius 1 is 0.889 bits per heavy atom. The van der Waals surface area contributed by atoms with Crippen molar-refractivity contribution in [3.8, 4) is 11.1 Å². The van der Waals surface area contributed by atoms with Crippen LogP contribution in [0.1, 0.15) is 5.56 Å². The molecule has 5 heteroatoms. The molecule has 0 atom stereocenters. The van der Waals surface area contributed by atoms with Gasteiger partial charge in [-0.2, -0.15) is 4.98 Å². The molecule has 0 radical (unpaired) electrons. The first-order valence-electron chi connectivity index (χ1n) is 8.81. The Morgan fingerprint density at radius 2 is 1.70 bits per heavy atom. The van der Waals surface area contributed by atoms with E-state index in [9.17, 15) is 0 Å². The number of anilines is 2. The number of nitrogens with two attached hydrogens (primary N) is 1. The third-order valence-electron chi connectivity index (χ3n) is 4.43. The maximum atomic E-state index is 6.29. The van der Waals surface area contributed by atoms with Crippen LogP contribution in [0.2, 0.25) is 5.02 Å². The molecule has 0 amide bonds. The molecular formula is C22H19ClN4. The fourth-order valence-corrected chi connectivity index (χ4v) is 3.34. The lowest BCUT2D eigenvalue weighted by atomic mass is 10.0. The zero-order valence-corrected chi connectivity index (χ0v) is 15.4. The minimum Gasteiger partial charge on any atom is -0.383 e. The van der Waals surface area contributed by atoms with E-state index in [1.54, 1.807) is 0 Å². The summed E-state index contributed by atoms with van der Waals surface area (Å²) in [5.74, 6) is 0.997. The molecule has 1 heterocycles. The van der Waals surface area contributed by atoms with Crippen molar-refractivity contribution in [1.29, 1.82) is 0 Å². The van der Waals surface area contributed by atoms with Crippen molar-refractivity contribution in [2.75, 3.05) is 17.6 Å². The average Bonchev–Trinajstić information content (AvgIpc) is 2.68. The molecule has 3 N–H and O–H groups in total. The Balaban J connectivity index is 1.62. The number of nitrogens with zero attached hydrogens (tertiary/aromatic N) is 2. The van der Waals surface area contributed by atoms with Crippen LogP contribution in [0.5, 0.6) is 0 Å². The van der Waals surface area contributed by atoms with Gasteiger partial charge in [-0.25, -0.2) is 4.98 Å². The first kappa shape index (κ1) is 17.3. The number of rotatable bonds is 5. The summed E-state index contributed by atoms with van der Waals surface area (Å²) in [6.07, 6.45) is 0.894. The Bertz CT molecular complexity index is 1080. The van der Waals surface area contributed by atoms with E-state index in [0.29, 0.717) is 16.8 Å². The third-order valence-corrected chi connectivity index (χ3v) is 4.66. The number of halogens is 1. The molecule has 0 spiro atoms. The summed E-state index contributed by atoms with van der Waals surface area (Å²) in [7, 11) is 0. The number of hydrogen-bond acceptors (Lipinski definition) is 4. The normalized spacial score (nSPS) is 10.9. The van der Waals surface area contributed by atoms with Crippen LogP contribution in [-0.2, 0) is 6.42 Å². The molecule has 1 aromatic heterocycles. The first-order chi connectivity index (χ1) is 13.2. The molecule has 0 unspecified atom stereocenters. The van der Waals surface area contributed by atoms with E-state index in [2.05, 4.69) is 27.4 Å². The second-order valence-corrected chi connectivity index (χ2v) is 6.74. The number of hydrogen-bond donors (Lipinski definition) is 2. The minimum atomic E-state index is 0.456. The molecule has 134 valence electrons. The molecule has 0 saturated carbocycles. The van der Waals surface area contributed by atoms with E-state index in [4.69, 9.17) is 17.3 Å². The van der Waals surface area contributed by atoms with Crippen molar-refractivity contribution in [2.45, 2.75) is 6.42 Å². The lowest BCUT2D eigenvalue weighted by Crippen LogP contribution is -2.09. The average molecular weight is 375 g/mol. The van der Waals surface area contributed by atoms with Gasteiger partial charge in [0.1, 0.15) is 5.82 Å². The standard InChI is InChI=1S/C22H19ClN4/c23-17-9-4-8-16(14-17)18-10-5-11-19-20(18)21(24)27-22(26-19)25-13-12-15-6-2-1-3-7-15/h1-11,14H,12-13H2,(H3,24,25,26,27). The monoisotopic (exact) mass is 374 g/mol. The molecule has 0 aliphatic rings. The zero-order valence-electron chi connectivity index (χ0n) is 14.7. The summed E-state index contributed by atoms with van der Waals surface area (Å²) in [4.78, 5) is 9.10. The maximum Gasteiger partial charge on any atom is 0.225 e. The highest BCUT2D eigenvalue weighted by Crippen LogP contribution is 2.32. The molecule has 27 heavy (non-hydrogen) atoms. The molecule has 0 saturated heterocycles. The van der Waals surface area contributed by atoms with Gasteiger partial charge in [-0.1, -0.05) is 66.2 Å². The molecule has 0 aliphatic heterocycles. The van der Waals surface area contributed by atoms with Crippen LogP contribution in [0.3, 0.4) is 0 Å². The molecule has 4 nitrogen and oxygen atoms in total. The van der Waals surface area contributed by atoms with Gasteiger partial charge in [0.15, 0.2) is 0 Å². The van der Waals surface area contributed by atoms with Crippen LogP contribution in [0.25, 0.3) is 22.0 Å². The van der Waals surface area contributed by atoms with Crippen LogP contribution in [0.15, 0.2) is 72.8 Å². The van der Waals surface area contributed by atoms with Crippen LogP contribution < -0.4 is 11.1 Å². The fourth-order valence-electron chi connectivity index (χ4n) is 3.15. The van der Waals surface area contributed by atoms with Crippen LogP contribution in [-0.4, -0.2) is 16.5 Å². The van der Waals surface area contributed by atoms with E-state index in [-0.39, 0.29) is 0 Å². The van der Waals surface area contributed by atoms with Gasteiger partial charge in [-0.05, 0) is 41.3 Å². The lowest BCUT2D eigenvalue weighted by molar-refractivity contribution is 0.992. The van der Waals surface area contributed by atoms with Crippen molar-refractivity contribution in [1.82, 2.24) is 9.97 Å². The Morgan fingerprint density at radius 3 is 2.52 bits per heavy atom. The highest BCUT2D eigenvalue weighted by molar-refractivity contribution is 6.31. The topological polar surface area (TPSA) is 63.8 Å². The van der Waals surface area contributed by atoms with E-state index in [1.165, 1.54) is 5.56 Å². The van der Waals surface area contributed by atoms with E-state index in [1.807, 2.05) is 60.7 Å². The van der Waals surface area contributed by atoms with Crippen molar-refractivity contribution in [3.63, 3.8) is 0 Å². The number of fused-ring (bicyclic) bond motifs is 1. The number of benzene rings is 3. The van der Waals surface area contributed by atoms with Crippen LogP contribution in [0.4, 0.5) is 11.8 Å². The summed E-state index contributed by atoms with van der Waals surface area (Å²) in [5.41, 5.74) is 10.3. The van der Waals surface area contributed by atoms with Crippen molar-refractivity contribution >= 4 is 34.3 Å². The first-order valence-corrected chi connectivity index (χ1v) is 9.18. The molecular weight excluding hydrogens is 356 g/mol. The summed E-state index contributed by atoms with van der Waals surface area (Å²) in [6, 6.07) is 23.9. The van der Waals surface area contributed by atoms with Crippen molar-refractivity contribution < 1.29 is 0 Å². The van der Waals surface area contributed by atoms with Crippen molar-refractivity contribution in [3.05, 3.63) is 83.4 Å². The predicted molar refractivity (Wildman–Crippen MR) is 113 cm³/mol. The zero-order chi connectivity index (χ0) is 18.6. The van der Waals surface area contributed by atoms with Gasteiger partial charge in [-0.3, -0.25) is 0 Å². The van der Waals surface area contributed by atoms with Gasteiger partial charge in [-0.15, -0.1) is 0 Å². The molecule has 3 aromatic carbocycles. The molecule has 0 bridgehead atoms. The smallest absolute Gasteiger partial charge is 0.225 e. The maximum absolute atomic E-state index is 6.29. The number of aromatic nitrogens is 2. The van der Waals surface area contributed by atoms with Gasteiger partial charge in [0, 0.05) is 11.6 Å². The van der Waals surface area contributed by atoms with Crippen LogP contribution >= 0.6 is 11.6 Å². The summed E-state index contributed by atoms with van der Waals surface area (Å²) < 4.78 is 0. The SMILES string of the molecule is Nc1nc(NCCc2ccccc2)nc2cccc(-c3cccc(Cl)c3)c12. The Labute approximate surface area is 163 Å². The highest BCUT2D eigenvalue weighted by Gasteiger charge is 2.11. The minimum absolute atomic E-state index is 0.456. The quantitative estimate of drug-likeness (QED) is 0.504. The predicted octanol–water partition coefficient (Wildman–Crippen LogP) is 5.19. The molecule has 4 rings (SSSR count). The highest BCUT2D eigenvalue weighted by atomic mass is 35.5. The second-order valence-electron chi connectivity index (χ2n) is 6.30. The number of nitrogens with one attached hydrogen (secondary N) is 1. The molecule has 0 fully saturated rings. The fraction of sp³-hybridized carbons (Fsp3) is 0.0909. The Kier molecular flexibility index (Phi) is 4.90. The third kappa shape index (κ3) is 3.86. The van der Waals surface area contributed by atoms with Gasteiger partial charge in [0.25, 0.3) is 0 Å². The van der Waals surface area contributed by atoms with E-state index < -0.39 is 0 Å². The Hall–Kier alpha value is -3.11. The largest absolute Gasteiger partial charge is 0.383 e. The van der Waals surface area contributed by atoms with E-state index in [0.717, 1.165) is 35.0 Å². The van der Waals surface area contributed by atoms with Crippen LogP contribution in [0, 0.1) is 0 Å². The molecule has 4 aromatic rings. The number of nitrogen functional groups attached to an aromatic ring is 1. The van der Waals surface area contributed by atoms with Gasteiger partial charge in [0.2, 0.25) is 5.95 Å². The van der Waals surface area contributed by atoms with Gasteiger partial charge < -0.3 is 11.1 Å². The van der Waals surface area contributed by atoms with Gasteiger partial charge in [0.05, 0.1) is 10.9 Å². The lowest BCUT2D eigenvalue weighted by Gasteiger charge is -2.11. The van der Waals surface area contributed by atoms with Crippen molar-refractivity contribution in [2.24, 2.45) is 0 Å². The summed E-state index contributed by atoms with van der Waals surface area (Å²) >= 11 is 6.15. The second kappa shape index (κ2) is 7.64. The van der Waals surface area contributed by atoms with Gasteiger partial charge >= 0.3 is 0 Å².